The Balaban J connectivity index is 3.37. The fourth-order valence-corrected chi connectivity index (χ4v) is 1.46. The molecule has 9 heteroatoms. The van der Waals surface area contributed by atoms with Crippen LogP contribution in [0.3, 0.4) is 0 Å². The van der Waals surface area contributed by atoms with Gasteiger partial charge in [-0.05, 0) is 0 Å². The molecular formula is C9H7ClF5NO2. The second-order valence-electron chi connectivity index (χ2n) is 3.12. The van der Waals surface area contributed by atoms with Crippen LogP contribution < -0.4 is 4.74 Å². The number of nitrogens with zero attached hydrogens (tertiary/aromatic N) is 1. The summed E-state index contributed by atoms with van der Waals surface area (Å²) in [5, 5.41) is 8.90. The van der Waals surface area contributed by atoms with Crippen molar-refractivity contribution in [3.05, 3.63) is 23.0 Å². The molecule has 0 amide bonds. The SMILES string of the molecule is OCc1c(C(F)F)ncc(CCl)c1OC(F)(F)F. The van der Waals surface area contributed by atoms with Crippen LogP contribution in [0.4, 0.5) is 22.0 Å². The van der Waals surface area contributed by atoms with Crippen molar-refractivity contribution in [3.63, 3.8) is 0 Å². The maximum atomic E-state index is 12.5. The average molecular weight is 292 g/mol. The van der Waals surface area contributed by atoms with Crippen molar-refractivity contribution in [2.75, 3.05) is 0 Å². The van der Waals surface area contributed by atoms with Gasteiger partial charge in [0.25, 0.3) is 6.43 Å². The lowest BCUT2D eigenvalue weighted by molar-refractivity contribution is -0.275. The molecule has 0 aliphatic heterocycles. The van der Waals surface area contributed by atoms with Gasteiger partial charge in [0.15, 0.2) is 0 Å². The minimum absolute atomic E-state index is 0.234. The Bertz CT molecular complexity index is 424. The molecule has 0 saturated carbocycles. The number of pyridine rings is 1. The molecule has 1 aromatic rings. The first-order valence-electron chi connectivity index (χ1n) is 4.51. The molecule has 0 spiro atoms. The highest BCUT2D eigenvalue weighted by Gasteiger charge is 2.34. The number of halogens is 6. The smallest absolute Gasteiger partial charge is 0.405 e. The summed E-state index contributed by atoms with van der Waals surface area (Å²) in [5.74, 6) is -1.35. The zero-order valence-corrected chi connectivity index (χ0v) is 9.40. The van der Waals surface area contributed by atoms with E-state index in [1.807, 2.05) is 0 Å². The van der Waals surface area contributed by atoms with Crippen LogP contribution in [0, 0.1) is 0 Å². The average Bonchev–Trinajstić information content (AvgIpc) is 2.26. The van der Waals surface area contributed by atoms with Crippen molar-refractivity contribution in [2.24, 2.45) is 0 Å². The third-order valence-corrected chi connectivity index (χ3v) is 2.25. The molecule has 0 atom stereocenters. The van der Waals surface area contributed by atoms with E-state index in [1.165, 1.54) is 0 Å². The van der Waals surface area contributed by atoms with Crippen LogP contribution in [-0.4, -0.2) is 16.5 Å². The third kappa shape index (κ3) is 3.42. The zero-order chi connectivity index (χ0) is 13.9. The van der Waals surface area contributed by atoms with Crippen molar-refractivity contribution < 1.29 is 31.8 Å². The molecule has 1 heterocycles. The molecule has 18 heavy (non-hydrogen) atoms. The summed E-state index contributed by atoms with van der Waals surface area (Å²) >= 11 is 5.37. The molecular weight excluding hydrogens is 285 g/mol. The minimum Gasteiger partial charge on any atom is -0.405 e. The van der Waals surface area contributed by atoms with Gasteiger partial charge in [0.05, 0.1) is 12.5 Å². The molecule has 0 aliphatic carbocycles. The van der Waals surface area contributed by atoms with Gasteiger partial charge >= 0.3 is 6.36 Å². The molecule has 0 bridgehead atoms. The predicted octanol–water partition coefficient (Wildman–Crippen LogP) is 3.15. The van der Waals surface area contributed by atoms with Crippen LogP contribution in [0.2, 0.25) is 0 Å². The molecule has 0 unspecified atom stereocenters. The van der Waals surface area contributed by atoms with Crippen molar-refractivity contribution in [1.82, 2.24) is 4.98 Å². The van der Waals surface area contributed by atoms with Crippen molar-refractivity contribution in [2.45, 2.75) is 25.3 Å². The third-order valence-electron chi connectivity index (χ3n) is 1.96. The first-order chi connectivity index (χ1) is 8.30. The van der Waals surface area contributed by atoms with Crippen LogP contribution >= 0.6 is 11.6 Å². The molecule has 0 fully saturated rings. The predicted molar refractivity (Wildman–Crippen MR) is 51.4 cm³/mol. The summed E-state index contributed by atoms with van der Waals surface area (Å²) < 4.78 is 65.1. The minimum atomic E-state index is -5.08. The van der Waals surface area contributed by atoms with E-state index in [1.54, 1.807) is 0 Å². The zero-order valence-electron chi connectivity index (χ0n) is 8.64. The fourth-order valence-electron chi connectivity index (χ4n) is 1.27. The van der Waals surface area contributed by atoms with Gasteiger partial charge in [-0.2, -0.15) is 0 Å². The van der Waals surface area contributed by atoms with Crippen LogP contribution in [0.15, 0.2) is 6.20 Å². The lowest BCUT2D eigenvalue weighted by Gasteiger charge is -2.17. The first-order valence-corrected chi connectivity index (χ1v) is 5.05. The molecule has 0 aliphatic rings. The van der Waals surface area contributed by atoms with Crippen LogP contribution in [-0.2, 0) is 12.5 Å². The van der Waals surface area contributed by atoms with E-state index in [-0.39, 0.29) is 5.56 Å². The van der Waals surface area contributed by atoms with Crippen molar-refractivity contribution in [3.8, 4) is 5.75 Å². The molecule has 0 saturated heterocycles. The van der Waals surface area contributed by atoms with E-state index in [0.29, 0.717) is 0 Å². The molecule has 3 nitrogen and oxygen atoms in total. The molecule has 0 radical (unpaired) electrons. The summed E-state index contributed by atoms with van der Waals surface area (Å²) in [7, 11) is 0. The number of aliphatic hydroxyl groups is 1. The molecule has 0 aromatic carbocycles. The van der Waals surface area contributed by atoms with Crippen molar-refractivity contribution in [1.29, 1.82) is 0 Å². The summed E-state index contributed by atoms with van der Waals surface area (Å²) in [4.78, 5) is 3.27. The van der Waals surface area contributed by atoms with E-state index in [4.69, 9.17) is 16.7 Å². The van der Waals surface area contributed by atoms with E-state index < -0.39 is 42.3 Å². The van der Waals surface area contributed by atoms with E-state index >= 15 is 0 Å². The Morgan fingerprint density at radius 3 is 2.39 bits per heavy atom. The normalized spacial score (nSPS) is 12.0. The summed E-state index contributed by atoms with van der Waals surface area (Å²) in [5.41, 5.74) is -1.92. The maximum absolute atomic E-state index is 12.5. The summed E-state index contributed by atoms with van der Waals surface area (Å²) in [6.07, 6.45) is -7.45. The molecule has 1 rings (SSSR count). The second-order valence-corrected chi connectivity index (χ2v) is 3.38. The Morgan fingerprint density at radius 2 is 2.00 bits per heavy atom. The van der Waals surface area contributed by atoms with Crippen molar-refractivity contribution >= 4 is 11.6 Å². The van der Waals surface area contributed by atoms with E-state index in [2.05, 4.69) is 9.72 Å². The Labute approximate surface area is 103 Å². The lowest BCUT2D eigenvalue weighted by atomic mass is 10.1. The lowest BCUT2D eigenvalue weighted by Crippen LogP contribution is -2.20. The Hall–Kier alpha value is -1.15. The monoisotopic (exact) mass is 291 g/mol. The quantitative estimate of drug-likeness (QED) is 0.684. The number of hydrogen-bond acceptors (Lipinski definition) is 3. The fraction of sp³-hybridized carbons (Fsp3) is 0.444. The summed E-state index contributed by atoms with van der Waals surface area (Å²) in [6, 6.07) is 0. The number of aliphatic hydroxyl groups excluding tert-OH is 1. The van der Waals surface area contributed by atoms with Gasteiger partial charge in [-0.15, -0.1) is 24.8 Å². The topological polar surface area (TPSA) is 42.4 Å². The molecule has 1 N–H and O–H groups in total. The van der Waals surface area contributed by atoms with Gasteiger partial charge in [0.1, 0.15) is 11.4 Å². The highest BCUT2D eigenvalue weighted by atomic mass is 35.5. The number of rotatable bonds is 4. The standard InChI is InChI=1S/C9H7ClF5NO2/c10-1-4-2-16-6(8(11)12)5(3-17)7(4)18-9(13,14)15/h2,8,17H,1,3H2. The largest absolute Gasteiger partial charge is 0.573 e. The highest BCUT2D eigenvalue weighted by Crippen LogP contribution is 2.35. The van der Waals surface area contributed by atoms with Gasteiger partial charge in [-0.25, -0.2) is 8.78 Å². The second kappa shape index (κ2) is 5.66. The van der Waals surface area contributed by atoms with E-state index in [9.17, 15) is 22.0 Å². The highest BCUT2D eigenvalue weighted by molar-refractivity contribution is 6.17. The maximum Gasteiger partial charge on any atom is 0.573 e. The van der Waals surface area contributed by atoms with E-state index in [0.717, 1.165) is 6.20 Å². The van der Waals surface area contributed by atoms with Gasteiger partial charge in [-0.3, -0.25) is 4.98 Å². The van der Waals surface area contributed by atoms with Gasteiger partial charge in [-0.1, -0.05) is 0 Å². The number of hydrogen-bond donors (Lipinski definition) is 1. The van der Waals surface area contributed by atoms with Crippen LogP contribution in [0.1, 0.15) is 23.2 Å². The van der Waals surface area contributed by atoms with Gasteiger partial charge in [0.2, 0.25) is 0 Å². The first kappa shape index (κ1) is 14.9. The van der Waals surface area contributed by atoms with Crippen LogP contribution in [0.5, 0.6) is 5.75 Å². The van der Waals surface area contributed by atoms with Gasteiger partial charge in [0, 0.05) is 17.3 Å². The number of ether oxygens (including phenoxy) is 1. The van der Waals surface area contributed by atoms with Crippen LogP contribution in [0.25, 0.3) is 0 Å². The molecule has 1 aromatic heterocycles. The Morgan fingerprint density at radius 1 is 1.39 bits per heavy atom. The Kier molecular flexibility index (Phi) is 4.69. The number of aromatic nitrogens is 1. The van der Waals surface area contributed by atoms with Gasteiger partial charge < -0.3 is 9.84 Å². The number of alkyl halides is 6. The summed E-state index contributed by atoms with van der Waals surface area (Å²) in [6.45, 7) is -1.07. The molecule has 102 valence electrons.